The molecule has 0 aromatic heterocycles. The van der Waals surface area contributed by atoms with Gasteiger partial charge in [-0.15, -0.1) is 0 Å². The van der Waals surface area contributed by atoms with E-state index in [4.69, 9.17) is 4.74 Å². The van der Waals surface area contributed by atoms with Crippen molar-refractivity contribution >= 4 is 17.9 Å². The summed E-state index contributed by atoms with van der Waals surface area (Å²) in [5.41, 5.74) is 1.44. The van der Waals surface area contributed by atoms with Crippen molar-refractivity contribution in [2.24, 2.45) is 0 Å². The highest BCUT2D eigenvalue weighted by Gasteiger charge is 2.21. The van der Waals surface area contributed by atoms with Crippen LogP contribution in [0.25, 0.3) is 0 Å². The number of hydrogen-bond donors (Lipinski definition) is 2. The fourth-order valence-electron chi connectivity index (χ4n) is 1.81. The minimum atomic E-state index is -1.06. The number of benzene rings is 1. The first kappa shape index (κ1) is 18.7. The van der Waals surface area contributed by atoms with Gasteiger partial charge in [0.1, 0.15) is 0 Å². The molecule has 0 saturated heterocycles. The molecule has 6 heteroatoms. The normalized spacial score (nSPS) is 12.2. The first-order valence-corrected chi connectivity index (χ1v) is 7.55. The number of amides is 3. The molecular formula is C17H24N2O4. The SMILES string of the molecule is CCNC(=O)NC(=O)[C@H](C)OC(=O)c1ccc(C(C)(C)C)cc1. The molecule has 0 saturated carbocycles. The van der Waals surface area contributed by atoms with Gasteiger partial charge >= 0.3 is 12.0 Å². The van der Waals surface area contributed by atoms with Crippen molar-refractivity contribution in [2.75, 3.05) is 6.54 Å². The van der Waals surface area contributed by atoms with E-state index in [2.05, 4.69) is 31.4 Å². The van der Waals surface area contributed by atoms with Gasteiger partial charge in [0, 0.05) is 6.54 Å². The zero-order valence-corrected chi connectivity index (χ0v) is 14.2. The molecule has 0 heterocycles. The Balaban J connectivity index is 2.65. The zero-order chi connectivity index (χ0) is 17.6. The molecular weight excluding hydrogens is 296 g/mol. The summed E-state index contributed by atoms with van der Waals surface area (Å²) in [5, 5.41) is 4.53. The maximum atomic E-state index is 12.0. The van der Waals surface area contributed by atoms with Crippen molar-refractivity contribution in [1.29, 1.82) is 0 Å². The smallest absolute Gasteiger partial charge is 0.338 e. The van der Waals surface area contributed by atoms with Crippen molar-refractivity contribution < 1.29 is 19.1 Å². The summed E-state index contributed by atoms with van der Waals surface area (Å²) in [5.74, 6) is -1.28. The number of hydrogen-bond acceptors (Lipinski definition) is 4. The molecule has 0 radical (unpaired) electrons. The number of nitrogens with one attached hydrogen (secondary N) is 2. The third kappa shape index (κ3) is 5.73. The summed E-state index contributed by atoms with van der Waals surface area (Å²) in [4.78, 5) is 35.0. The summed E-state index contributed by atoms with van der Waals surface area (Å²) < 4.78 is 5.07. The van der Waals surface area contributed by atoms with Gasteiger partial charge in [-0.1, -0.05) is 32.9 Å². The largest absolute Gasteiger partial charge is 0.449 e. The maximum Gasteiger partial charge on any atom is 0.338 e. The third-order valence-corrected chi connectivity index (χ3v) is 3.21. The number of esters is 1. The Hall–Kier alpha value is -2.37. The second kappa shape index (κ2) is 7.76. The summed E-state index contributed by atoms with van der Waals surface area (Å²) >= 11 is 0. The molecule has 1 atom stereocenters. The molecule has 3 amide bonds. The van der Waals surface area contributed by atoms with Gasteiger partial charge in [-0.25, -0.2) is 9.59 Å². The van der Waals surface area contributed by atoms with Crippen LogP contribution >= 0.6 is 0 Å². The molecule has 6 nitrogen and oxygen atoms in total. The fourth-order valence-corrected chi connectivity index (χ4v) is 1.81. The molecule has 23 heavy (non-hydrogen) atoms. The molecule has 126 valence electrons. The molecule has 0 aliphatic rings. The molecule has 0 fully saturated rings. The van der Waals surface area contributed by atoms with E-state index in [1.165, 1.54) is 6.92 Å². The van der Waals surface area contributed by atoms with Gasteiger partial charge in [0.2, 0.25) is 0 Å². The highest BCUT2D eigenvalue weighted by Crippen LogP contribution is 2.22. The zero-order valence-electron chi connectivity index (χ0n) is 14.2. The van der Waals surface area contributed by atoms with E-state index in [-0.39, 0.29) is 5.41 Å². The minimum Gasteiger partial charge on any atom is -0.449 e. The molecule has 0 aliphatic carbocycles. The van der Waals surface area contributed by atoms with Crippen LogP contribution in [-0.4, -0.2) is 30.6 Å². The quantitative estimate of drug-likeness (QED) is 0.834. The van der Waals surface area contributed by atoms with E-state index < -0.39 is 24.0 Å². The van der Waals surface area contributed by atoms with Crippen LogP contribution in [-0.2, 0) is 14.9 Å². The van der Waals surface area contributed by atoms with Gasteiger partial charge in [0.25, 0.3) is 5.91 Å². The number of imide groups is 1. The molecule has 1 rings (SSSR count). The predicted molar refractivity (Wildman–Crippen MR) is 87.2 cm³/mol. The van der Waals surface area contributed by atoms with E-state index in [0.29, 0.717) is 12.1 Å². The predicted octanol–water partition coefficient (Wildman–Crippen LogP) is 2.38. The number of carbonyl (C=O) groups is 3. The standard InChI is InChI=1S/C17H24N2O4/c1-6-18-16(22)19-14(20)11(2)23-15(21)12-7-9-13(10-8-12)17(3,4)5/h7-11H,6H2,1-5H3,(H2,18,19,20,22)/t11-/m0/s1. The first-order chi connectivity index (χ1) is 10.6. The van der Waals surface area contributed by atoms with Crippen LogP contribution in [0.3, 0.4) is 0 Å². The van der Waals surface area contributed by atoms with E-state index in [0.717, 1.165) is 5.56 Å². The highest BCUT2D eigenvalue weighted by molar-refractivity contribution is 5.98. The van der Waals surface area contributed by atoms with Gasteiger partial charge < -0.3 is 10.1 Å². The second-order valence-electron chi connectivity index (χ2n) is 6.22. The van der Waals surface area contributed by atoms with Crippen LogP contribution in [0.1, 0.15) is 50.5 Å². The van der Waals surface area contributed by atoms with E-state index in [9.17, 15) is 14.4 Å². The highest BCUT2D eigenvalue weighted by atomic mass is 16.5. The molecule has 1 aromatic carbocycles. The van der Waals surface area contributed by atoms with E-state index in [1.807, 2.05) is 12.1 Å². The Morgan fingerprint density at radius 2 is 1.70 bits per heavy atom. The average Bonchev–Trinajstić information content (AvgIpc) is 2.46. The topological polar surface area (TPSA) is 84.5 Å². The summed E-state index contributed by atoms with van der Waals surface area (Å²) in [6.45, 7) is 9.77. The molecule has 0 spiro atoms. The lowest BCUT2D eigenvalue weighted by Crippen LogP contribution is -2.44. The van der Waals surface area contributed by atoms with E-state index >= 15 is 0 Å². The van der Waals surface area contributed by atoms with Crippen LogP contribution in [0.4, 0.5) is 4.79 Å². The lowest BCUT2D eigenvalue weighted by atomic mass is 9.87. The van der Waals surface area contributed by atoms with Crippen LogP contribution in [0.15, 0.2) is 24.3 Å². The summed E-state index contributed by atoms with van der Waals surface area (Å²) in [6.07, 6.45) is -1.06. The molecule has 2 N–H and O–H groups in total. The Bertz CT molecular complexity index is 573. The Morgan fingerprint density at radius 3 is 2.17 bits per heavy atom. The van der Waals surface area contributed by atoms with Crippen molar-refractivity contribution in [3.63, 3.8) is 0 Å². The van der Waals surface area contributed by atoms with Crippen LogP contribution in [0.2, 0.25) is 0 Å². The van der Waals surface area contributed by atoms with Gasteiger partial charge in [0.15, 0.2) is 6.10 Å². The Morgan fingerprint density at radius 1 is 1.13 bits per heavy atom. The first-order valence-electron chi connectivity index (χ1n) is 7.55. The van der Waals surface area contributed by atoms with E-state index in [1.54, 1.807) is 19.1 Å². The molecule has 0 bridgehead atoms. The van der Waals surface area contributed by atoms with Crippen molar-refractivity contribution in [3.05, 3.63) is 35.4 Å². The third-order valence-electron chi connectivity index (χ3n) is 3.21. The lowest BCUT2D eigenvalue weighted by molar-refractivity contribution is -0.127. The van der Waals surface area contributed by atoms with Gasteiger partial charge in [-0.3, -0.25) is 10.1 Å². The average molecular weight is 320 g/mol. The van der Waals surface area contributed by atoms with Gasteiger partial charge in [0.05, 0.1) is 5.56 Å². The Kier molecular flexibility index (Phi) is 6.30. The fraction of sp³-hybridized carbons (Fsp3) is 0.471. The lowest BCUT2D eigenvalue weighted by Gasteiger charge is -2.19. The van der Waals surface area contributed by atoms with Gasteiger partial charge in [-0.2, -0.15) is 0 Å². The second-order valence-corrected chi connectivity index (χ2v) is 6.22. The number of carbonyl (C=O) groups excluding carboxylic acids is 3. The maximum absolute atomic E-state index is 12.0. The van der Waals surface area contributed by atoms with Crippen molar-refractivity contribution in [3.8, 4) is 0 Å². The molecule has 0 unspecified atom stereocenters. The summed E-state index contributed by atoms with van der Waals surface area (Å²) in [6, 6.07) is 6.43. The Labute approximate surface area is 136 Å². The van der Waals surface area contributed by atoms with Crippen LogP contribution in [0, 0.1) is 0 Å². The number of ether oxygens (including phenoxy) is 1. The monoisotopic (exact) mass is 320 g/mol. The molecule has 1 aromatic rings. The molecule has 0 aliphatic heterocycles. The van der Waals surface area contributed by atoms with Crippen molar-refractivity contribution in [1.82, 2.24) is 10.6 Å². The van der Waals surface area contributed by atoms with Crippen molar-refractivity contribution in [2.45, 2.75) is 46.1 Å². The van der Waals surface area contributed by atoms with Crippen LogP contribution in [0.5, 0.6) is 0 Å². The minimum absolute atomic E-state index is 0.0117. The number of rotatable bonds is 4. The van der Waals surface area contributed by atoms with Crippen LogP contribution < -0.4 is 10.6 Å². The summed E-state index contributed by atoms with van der Waals surface area (Å²) in [7, 11) is 0. The number of urea groups is 1. The van der Waals surface area contributed by atoms with Gasteiger partial charge in [-0.05, 0) is 37.0 Å².